The van der Waals surface area contributed by atoms with E-state index in [1.807, 2.05) is 25.1 Å². The van der Waals surface area contributed by atoms with E-state index in [2.05, 4.69) is 51.7 Å². The van der Waals surface area contributed by atoms with Gasteiger partial charge in [0.1, 0.15) is 5.82 Å². The van der Waals surface area contributed by atoms with Crippen molar-refractivity contribution in [2.24, 2.45) is 0 Å². The van der Waals surface area contributed by atoms with Crippen LogP contribution in [-0.4, -0.2) is 23.2 Å². The second kappa shape index (κ2) is 8.30. The average Bonchev–Trinajstić information content (AvgIpc) is 2.62. The SMILES string of the molecule is Cc1cccc(NC(=S)NC(C)c2ccc(N3CCCCC3)cc2)n1. The van der Waals surface area contributed by atoms with Crippen LogP contribution in [0.5, 0.6) is 0 Å². The lowest BCUT2D eigenvalue weighted by Crippen LogP contribution is -2.31. The highest BCUT2D eigenvalue weighted by molar-refractivity contribution is 7.80. The summed E-state index contributed by atoms with van der Waals surface area (Å²) >= 11 is 5.41. The van der Waals surface area contributed by atoms with Crippen LogP contribution in [0.2, 0.25) is 0 Å². The molecule has 1 atom stereocenters. The molecular weight excluding hydrogens is 328 g/mol. The Labute approximate surface area is 155 Å². The molecule has 1 aromatic carbocycles. The van der Waals surface area contributed by atoms with Crippen LogP contribution in [0.25, 0.3) is 0 Å². The number of nitrogens with zero attached hydrogens (tertiary/aromatic N) is 2. The number of benzene rings is 1. The highest BCUT2D eigenvalue weighted by Crippen LogP contribution is 2.22. The Kier molecular flexibility index (Phi) is 5.87. The van der Waals surface area contributed by atoms with Gasteiger partial charge in [-0.1, -0.05) is 18.2 Å². The summed E-state index contributed by atoms with van der Waals surface area (Å²) in [5.74, 6) is 0.769. The molecule has 2 aromatic rings. The maximum absolute atomic E-state index is 5.41. The van der Waals surface area contributed by atoms with Crippen LogP contribution in [-0.2, 0) is 0 Å². The van der Waals surface area contributed by atoms with E-state index < -0.39 is 0 Å². The zero-order valence-electron chi connectivity index (χ0n) is 15.0. The molecule has 0 amide bonds. The Morgan fingerprint density at radius 2 is 1.80 bits per heavy atom. The second-order valence-electron chi connectivity index (χ2n) is 6.62. The zero-order chi connectivity index (χ0) is 17.6. The van der Waals surface area contributed by atoms with Crippen LogP contribution < -0.4 is 15.5 Å². The molecule has 3 rings (SSSR count). The Morgan fingerprint density at radius 1 is 1.08 bits per heavy atom. The molecule has 25 heavy (non-hydrogen) atoms. The molecule has 4 nitrogen and oxygen atoms in total. The molecule has 2 heterocycles. The Hall–Kier alpha value is -2.14. The van der Waals surface area contributed by atoms with Crippen molar-refractivity contribution in [3.05, 3.63) is 53.7 Å². The van der Waals surface area contributed by atoms with Gasteiger partial charge >= 0.3 is 0 Å². The molecule has 1 fully saturated rings. The third-order valence-electron chi connectivity index (χ3n) is 4.59. The summed E-state index contributed by atoms with van der Waals surface area (Å²) in [4.78, 5) is 6.89. The van der Waals surface area contributed by atoms with Gasteiger partial charge in [0.15, 0.2) is 5.11 Å². The molecule has 0 spiro atoms. The van der Waals surface area contributed by atoms with Gasteiger partial charge in [-0.05, 0) is 75.2 Å². The van der Waals surface area contributed by atoms with Gasteiger partial charge in [-0.2, -0.15) is 0 Å². The van der Waals surface area contributed by atoms with E-state index in [-0.39, 0.29) is 6.04 Å². The van der Waals surface area contributed by atoms with E-state index in [1.165, 1.54) is 43.6 Å². The van der Waals surface area contributed by atoms with E-state index in [9.17, 15) is 0 Å². The van der Waals surface area contributed by atoms with Crippen LogP contribution in [0, 0.1) is 6.92 Å². The van der Waals surface area contributed by atoms with Crippen molar-refractivity contribution < 1.29 is 0 Å². The van der Waals surface area contributed by atoms with Crippen LogP contribution in [0.1, 0.15) is 43.5 Å². The van der Waals surface area contributed by atoms with Gasteiger partial charge in [0.2, 0.25) is 0 Å². The molecule has 1 aromatic heterocycles. The van der Waals surface area contributed by atoms with E-state index in [4.69, 9.17) is 12.2 Å². The lowest BCUT2D eigenvalue weighted by molar-refractivity contribution is 0.577. The van der Waals surface area contributed by atoms with Crippen molar-refractivity contribution in [3.8, 4) is 0 Å². The maximum Gasteiger partial charge on any atom is 0.172 e. The summed E-state index contributed by atoms with van der Waals surface area (Å²) in [5.41, 5.74) is 3.51. The minimum absolute atomic E-state index is 0.139. The second-order valence-corrected chi connectivity index (χ2v) is 7.03. The number of thiocarbonyl (C=S) groups is 1. The first-order valence-corrected chi connectivity index (χ1v) is 9.39. The summed E-state index contributed by atoms with van der Waals surface area (Å²) in [6.45, 7) is 6.43. The van der Waals surface area contributed by atoms with E-state index in [0.717, 1.165) is 11.5 Å². The zero-order valence-corrected chi connectivity index (χ0v) is 15.8. The van der Waals surface area contributed by atoms with Crippen LogP contribution in [0.3, 0.4) is 0 Å². The molecule has 5 heteroatoms. The maximum atomic E-state index is 5.41. The molecule has 2 N–H and O–H groups in total. The number of aromatic nitrogens is 1. The van der Waals surface area contributed by atoms with Gasteiger partial charge in [-0.15, -0.1) is 0 Å². The first-order valence-electron chi connectivity index (χ1n) is 8.98. The molecule has 1 saturated heterocycles. The normalized spacial score (nSPS) is 15.5. The quantitative estimate of drug-likeness (QED) is 0.795. The van der Waals surface area contributed by atoms with Crippen molar-refractivity contribution in [3.63, 3.8) is 0 Å². The van der Waals surface area contributed by atoms with Crippen LogP contribution in [0.15, 0.2) is 42.5 Å². The number of rotatable bonds is 4. The largest absolute Gasteiger partial charge is 0.372 e. The molecular formula is C20H26N4S. The van der Waals surface area contributed by atoms with Crippen LogP contribution >= 0.6 is 12.2 Å². The fourth-order valence-electron chi connectivity index (χ4n) is 3.17. The Morgan fingerprint density at radius 3 is 2.48 bits per heavy atom. The van der Waals surface area contributed by atoms with E-state index in [0.29, 0.717) is 5.11 Å². The Balaban J connectivity index is 1.57. The van der Waals surface area contributed by atoms with Crippen molar-refractivity contribution in [2.75, 3.05) is 23.3 Å². The number of nitrogens with one attached hydrogen (secondary N) is 2. The topological polar surface area (TPSA) is 40.2 Å². The number of piperidine rings is 1. The van der Waals surface area contributed by atoms with E-state index in [1.54, 1.807) is 0 Å². The molecule has 0 saturated carbocycles. The van der Waals surface area contributed by atoms with Crippen molar-refractivity contribution in [1.29, 1.82) is 0 Å². The van der Waals surface area contributed by atoms with Crippen molar-refractivity contribution >= 4 is 28.8 Å². The van der Waals surface area contributed by atoms with E-state index >= 15 is 0 Å². The fraction of sp³-hybridized carbons (Fsp3) is 0.400. The van der Waals surface area contributed by atoms with Gasteiger partial charge in [-0.25, -0.2) is 4.98 Å². The molecule has 1 aliphatic heterocycles. The summed E-state index contributed by atoms with van der Waals surface area (Å²) < 4.78 is 0. The lowest BCUT2D eigenvalue weighted by Gasteiger charge is -2.29. The number of hydrogen-bond acceptors (Lipinski definition) is 3. The smallest absolute Gasteiger partial charge is 0.172 e. The predicted octanol–water partition coefficient (Wildman–Crippen LogP) is 4.43. The summed E-state index contributed by atoms with van der Waals surface area (Å²) in [7, 11) is 0. The van der Waals surface area contributed by atoms with Crippen molar-refractivity contribution in [1.82, 2.24) is 10.3 Å². The molecule has 0 radical (unpaired) electrons. The van der Waals surface area contributed by atoms with Crippen LogP contribution in [0.4, 0.5) is 11.5 Å². The summed E-state index contributed by atoms with van der Waals surface area (Å²) in [6, 6.07) is 14.8. The van der Waals surface area contributed by atoms with Crippen molar-refractivity contribution in [2.45, 2.75) is 39.2 Å². The average molecular weight is 355 g/mol. The predicted molar refractivity (Wildman–Crippen MR) is 109 cm³/mol. The molecule has 132 valence electrons. The third kappa shape index (κ3) is 4.92. The molecule has 0 bridgehead atoms. The number of anilines is 2. The number of aryl methyl sites for hydroxylation is 1. The number of pyridine rings is 1. The minimum Gasteiger partial charge on any atom is -0.372 e. The summed E-state index contributed by atoms with van der Waals surface area (Å²) in [5, 5.41) is 7.07. The highest BCUT2D eigenvalue weighted by Gasteiger charge is 2.12. The Bertz CT molecular complexity index is 708. The lowest BCUT2D eigenvalue weighted by atomic mass is 10.1. The third-order valence-corrected chi connectivity index (χ3v) is 4.81. The van der Waals surface area contributed by atoms with Gasteiger partial charge in [0.25, 0.3) is 0 Å². The molecule has 1 aliphatic rings. The first-order chi connectivity index (χ1) is 12.1. The van der Waals surface area contributed by atoms with Gasteiger partial charge < -0.3 is 15.5 Å². The minimum atomic E-state index is 0.139. The molecule has 1 unspecified atom stereocenters. The number of hydrogen-bond donors (Lipinski definition) is 2. The standard InChI is InChI=1S/C20H26N4S/c1-15-7-6-8-19(21-15)23-20(25)22-16(2)17-9-11-18(12-10-17)24-13-4-3-5-14-24/h6-12,16H,3-5,13-14H2,1-2H3,(H2,21,22,23,25). The van der Waals surface area contributed by atoms with Gasteiger partial charge in [-0.3, -0.25) is 0 Å². The monoisotopic (exact) mass is 354 g/mol. The fourth-order valence-corrected chi connectivity index (χ4v) is 3.45. The first kappa shape index (κ1) is 17.7. The highest BCUT2D eigenvalue weighted by atomic mass is 32.1. The molecule has 0 aliphatic carbocycles. The summed E-state index contributed by atoms with van der Waals surface area (Å²) in [6.07, 6.45) is 3.95. The van der Waals surface area contributed by atoms with Gasteiger partial charge in [0, 0.05) is 24.5 Å². The van der Waals surface area contributed by atoms with Gasteiger partial charge in [0.05, 0.1) is 6.04 Å².